The lowest BCUT2D eigenvalue weighted by Crippen LogP contribution is -2.56. The summed E-state index contributed by atoms with van der Waals surface area (Å²) >= 11 is 0. The Kier molecular flexibility index (Phi) is 6.07. The second-order valence-electron chi connectivity index (χ2n) is 10.6. The van der Waals surface area contributed by atoms with Crippen molar-refractivity contribution in [3.8, 4) is 0 Å². The van der Waals surface area contributed by atoms with E-state index in [1.807, 2.05) is 6.08 Å². The van der Waals surface area contributed by atoms with Crippen molar-refractivity contribution in [1.82, 2.24) is 0 Å². The zero-order valence-electron chi connectivity index (χ0n) is 19.0. The molecule has 4 rings (SSSR count). The Hall–Kier alpha value is -1.31. The second-order valence-corrected chi connectivity index (χ2v) is 10.6. The van der Waals surface area contributed by atoms with Crippen LogP contribution in [-0.2, 0) is 14.3 Å². The van der Waals surface area contributed by atoms with E-state index >= 15 is 0 Å². The molecule has 1 saturated heterocycles. The Labute approximate surface area is 184 Å². The van der Waals surface area contributed by atoms with Crippen molar-refractivity contribution in [3.05, 3.63) is 34.4 Å². The first kappa shape index (κ1) is 22.9. The smallest absolute Gasteiger partial charge is 0.186 e. The molecule has 2 fully saturated rings. The lowest BCUT2D eigenvalue weighted by molar-refractivity contribution is -0.291. The Bertz CT molecular complexity index is 826. The van der Waals surface area contributed by atoms with E-state index in [-0.39, 0.29) is 17.4 Å². The third-order valence-electron chi connectivity index (χ3n) is 8.15. The van der Waals surface area contributed by atoms with Crippen molar-refractivity contribution >= 4 is 6.29 Å². The van der Waals surface area contributed by atoms with Crippen LogP contribution >= 0.6 is 0 Å². The number of aliphatic hydroxyl groups excluding tert-OH is 3. The molecular formula is C25H36O6. The molecule has 6 heteroatoms. The predicted molar refractivity (Wildman–Crippen MR) is 116 cm³/mol. The zero-order chi connectivity index (χ0) is 22.6. The van der Waals surface area contributed by atoms with Crippen LogP contribution in [0.25, 0.3) is 0 Å². The van der Waals surface area contributed by atoms with Crippen LogP contribution in [0.15, 0.2) is 34.4 Å². The van der Waals surface area contributed by atoms with Crippen LogP contribution in [0.3, 0.4) is 0 Å². The van der Waals surface area contributed by atoms with Gasteiger partial charge in [0.2, 0.25) is 0 Å². The minimum Gasteiger partial charge on any atom is -0.388 e. The van der Waals surface area contributed by atoms with Gasteiger partial charge in [0.05, 0.1) is 12.7 Å². The number of carbonyl (C=O) groups is 1. The molecule has 0 spiro atoms. The summed E-state index contributed by atoms with van der Waals surface area (Å²) in [5.74, 6) is 0.456. The third kappa shape index (κ3) is 3.76. The molecule has 0 bridgehead atoms. The molecule has 3 aliphatic carbocycles. The number of ether oxygens (including phenoxy) is 2. The summed E-state index contributed by atoms with van der Waals surface area (Å²) in [4.78, 5) is 11.8. The molecule has 3 N–H and O–H groups in total. The second kappa shape index (κ2) is 8.23. The first-order valence-corrected chi connectivity index (χ1v) is 11.5. The fraction of sp³-hybridized carbons (Fsp3) is 0.720. The molecule has 0 aromatic carbocycles. The average Bonchev–Trinajstić information content (AvgIpc) is 3.02. The predicted octanol–water partition coefficient (Wildman–Crippen LogP) is 2.82. The number of allylic oxidation sites excluding steroid dienone is 4. The normalized spacial score (nSPS) is 43.2. The fourth-order valence-electron chi connectivity index (χ4n) is 5.98. The molecule has 1 heterocycles. The van der Waals surface area contributed by atoms with Crippen LogP contribution in [0.1, 0.15) is 59.8 Å². The van der Waals surface area contributed by atoms with Gasteiger partial charge in [-0.05, 0) is 53.7 Å². The Morgan fingerprint density at radius 3 is 2.55 bits per heavy atom. The van der Waals surface area contributed by atoms with E-state index in [9.17, 15) is 20.1 Å². The van der Waals surface area contributed by atoms with E-state index < -0.39 is 30.7 Å². The summed E-state index contributed by atoms with van der Waals surface area (Å²) in [6.45, 7) is 8.93. The number of rotatable bonds is 4. The van der Waals surface area contributed by atoms with Crippen molar-refractivity contribution < 1.29 is 29.6 Å². The molecule has 4 aliphatic rings. The van der Waals surface area contributed by atoms with Crippen molar-refractivity contribution in [2.24, 2.45) is 16.7 Å². The highest BCUT2D eigenvalue weighted by Gasteiger charge is 2.53. The molecule has 0 aromatic rings. The zero-order valence-corrected chi connectivity index (χ0v) is 19.0. The maximum absolute atomic E-state index is 11.8. The van der Waals surface area contributed by atoms with Gasteiger partial charge in [0.25, 0.3) is 0 Å². The Morgan fingerprint density at radius 2 is 1.87 bits per heavy atom. The highest BCUT2D eigenvalue weighted by Crippen LogP contribution is 2.62. The number of aliphatic hydroxyl groups is 3. The number of carbonyl (C=O) groups excluding carboxylic acids is 1. The standard InChI is InChI=1S/C25H36O6/c1-14(2)16-7-8-24(3)9-10-25(4)17(20(16)24)6-5-15(12-26)11-19(25)31-23-22(29)21(28)18(27)13-30-23/h5-6,12,14,18-19,21-23,27-29H,7-11,13H2,1-4H3/t18?,19?,21?,22?,23?,24-,25-/m1/s1. The van der Waals surface area contributed by atoms with Crippen LogP contribution in [0.4, 0.5) is 0 Å². The SMILES string of the molecule is CC(C)C1=C2C3=CC=C(C=O)CC(OC4OCC(O)C(O)C4O)[C@]3(C)CC[C@@]2(C)CC1. The van der Waals surface area contributed by atoms with E-state index in [2.05, 4.69) is 33.8 Å². The van der Waals surface area contributed by atoms with Crippen molar-refractivity contribution in [2.75, 3.05) is 6.61 Å². The van der Waals surface area contributed by atoms with E-state index in [4.69, 9.17) is 9.47 Å². The number of hydrogen-bond acceptors (Lipinski definition) is 6. The minimum absolute atomic E-state index is 0.105. The quantitative estimate of drug-likeness (QED) is 0.591. The van der Waals surface area contributed by atoms with Gasteiger partial charge in [-0.25, -0.2) is 0 Å². The fourth-order valence-corrected chi connectivity index (χ4v) is 5.98. The molecule has 1 saturated carbocycles. The first-order valence-electron chi connectivity index (χ1n) is 11.5. The van der Waals surface area contributed by atoms with Crippen LogP contribution in [0, 0.1) is 16.7 Å². The third-order valence-corrected chi connectivity index (χ3v) is 8.15. The summed E-state index contributed by atoms with van der Waals surface area (Å²) in [6.07, 6.45) is 4.23. The number of hydrogen-bond donors (Lipinski definition) is 3. The van der Waals surface area contributed by atoms with Gasteiger partial charge in [-0.2, -0.15) is 0 Å². The highest BCUT2D eigenvalue weighted by atomic mass is 16.7. The van der Waals surface area contributed by atoms with Gasteiger partial charge in [-0.3, -0.25) is 4.79 Å². The largest absolute Gasteiger partial charge is 0.388 e. The van der Waals surface area contributed by atoms with Gasteiger partial charge in [0.1, 0.15) is 24.6 Å². The van der Waals surface area contributed by atoms with Gasteiger partial charge < -0.3 is 24.8 Å². The molecule has 31 heavy (non-hydrogen) atoms. The molecule has 0 radical (unpaired) electrons. The lowest BCUT2D eigenvalue weighted by atomic mass is 9.57. The molecule has 0 amide bonds. The van der Waals surface area contributed by atoms with Gasteiger partial charge >= 0.3 is 0 Å². The topological polar surface area (TPSA) is 96.2 Å². The summed E-state index contributed by atoms with van der Waals surface area (Å²) in [6, 6.07) is 0. The maximum atomic E-state index is 11.8. The molecule has 5 unspecified atom stereocenters. The number of aldehydes is 1. The van der Waals surface area contributed by atoms with Crippen LogP contribution in [0.5, 0.6) is 0 Å². The van der Waals surface area contributed by atoms with E-state index in [0.29, 0.717) is 17.9 Å². The Morgan fingerprint density at radius 1 is 1.13 bits per heavy atom. The summed E-state index contributed by atoms with van der Waals surface area (Å²) < 4.78 is 11.9. The Balaban J connectivity index is 1.73. The summed E-state index contributed by atoms with van der Waals surface area (Å²) in [5, 5.41) is 30.3. The minimum atomic E-state index is -1.35. The summed E-state index contributed by atoms with van der Waals surface area (Å²) in [5.41, 5.74) is 4.57. The van der Waals surface area contributed by atoms with E-state index in [1.165, 1.54) is 16.7 Å². The molecule has 1 aliphatic heterocycles. The monoisotopic (exact) mass is 432 g/mol. The van der Waals surface area contributed by atoms with Crippen LogP contribution in [-0.4, -0.2) is 58.9 Å². The molecular weight excluding hydrogens is 396 g/mol. The van der Waals surface area contributed by atoms with Gasteiger partial charge in [0, 0.05) is 11.8 Å². The van der Waals surface area contributed by atoms with Crippen molar-refractivity contribution in [3.63, 3.8) is 0 Å². The lowest BCUT2D eigenvalue weighted by Gasteiger charge is -2.50. The van der Waals surface area contributed by atoms with Crippen molar-refractivity contribution in [1.29, 1.82) is 0 Å². The van der Waals surface area contributed by atoms with E-state index in [0.717, 1.165) is 32.0 Å². The summed E-state index contributed by atoms with van der Waals surface area (Å²) in [7, 11) is 0. The van der Waals surface area contributed by atoms with Gasteiger partial charge in [-0.1, -0.05) is 45.4 Å². The highest BCUT2D eigenvalue weighted by molar-refractivity contribution is 5.74. The number of fused-ring (bicyclic) bond motifs is 3. The van der Waals surface area contributed by atoms with Crippen LogP contribution in [0.2, 0.25) is 0 Å². The molecule has 7 atom stereocenters. The van der Waals surface area contributed by atoms with Crippen LogP contribution < -0.4 is 0 Å². The molecule has 0 aromatic heterocycles. The van der Waals surface area contributed by atoms with Gasteiger partial charge in [0.15, 0.2) is 6.29 Å². The molecule has 6 nitrogen and oxygen atoms in total. The maximum Gasteiger partial charge on any atom is 0.186 e. The van der Waals surface area contributed by atoms with Gasteiger partial charge in [-0.15, -0.1) is 0 Å². The molecule has 172 valence electrons. The van der Waals surface area contributed by atoms with Crippen molar-refractivity contribution in [2.45, 2.75) is 90.5 Å². The van der Waals surface area contributed by atoms with E-state index in [1.54, 1.807) is 0 Å². The first-order chi connectivity index (χ1) is 14.6. The average molecular weight is 433 g/mol.